The van der Waals surface area contributed by atoms with E-state index in [1.165, 1.54) is 0 Å². The van der Waals surface area contributed by atoms with Crippen LogP contribution in [0, 0.1) is 0 Å². The summed E-state index contributed by atoms with van der Waals surface area (Å²) in [5, 5.41) is 8.68. The second kappa shape index (κ2) is 6.11. The zero-order valence-corrected chi connectivity index (χ0v) is 14.7. The molecule has 1 aromatic heterocycles. The Bertz CT molecular complexity index is 982. The predicted molar refractivity (Wildman–Crippen MR) is 102 cm³/mol. The lowest BCUT2D eigenvalue weighted by Crippen LogP contribution is -2.45. The number of carbonyl (C=O) groups excluding carboxylic acids is 1. The number of hydrazone groups is 1. The van der Waals surface area contributed by atoms with Crippen molar-refractivity contribution in [2.75, 3.05) is 0 Å². The van der Waals surface area contributed by atoms with Gasteiger partial charge in [-0.3, -0.25) is 4.79 Å². The van der Waals surface area contributed by atoms with Crippen molar-refractivity contribution < 1.29 is 9.53 Å². The molecule has 26 heavy (non-hydrogen) atoms. The van der Waals surface area contributed by atoms with Gasteiger partial charge in [-0.25, -0.2) is 5.01 Å². The number of benzene rings is 2. The van der Waals surface area contributed by atoms with Gasteiger partial charge in [-0.15, -0.1) is 11.3 Å². The van der Waals surface area contributed by atoms with Gasteiger partial charge in [-0.2, -0.15) is 5.10 Å². The van der Waals surface area contributed by atoms with E-state index in [1.54, 1.807) is 11.3 Å². The van der Waals surface area contributed by atoms with E-state index in [0.717, 1.165) is 28.3 Å². The number of fused-ring (bicyclic) bond motifs is 3. The highest BCUT2D eigenvalue weighted by Crippen LogP contribution is 2.43. The minimum atomic E-state index is -0.741. The SMILES string of the molecule is O=C(c1ccccc1)[C@@H]1Oc2ccccc2[C@@H]2CC(c3cccs3)=NN12. The molecule has 5 rings (SSSR count). The van der Waals surface area contributed by atoms with Gasteiger partial charge >= 0.3 is 0 Å². The molecule has 0 fully saturated rings. The molecule has 128 valence electrons. The molecule has 5 heteroatoms. The molecule has 4 nitrogen and oxygen atoms in total. The maximum Gasteiger partial charge on any atom is 0.251 e. The summed E-state index contributed by atoms with van der Waals surface area (Å²) in [6.07, 6.45) is 0.0363. The van der Waals surface area contributed by atoms with Crippen molar-refractivity contribution in [2.45, 2.75) is 18.7 Å². The van der Waals surface area contributed by atoms with Crippen LogP contribution in [0.25, 0.3) is 0 Å². The van der Waals surface area contributed by atoms with E-state index in [0.29, 0.717) is 5.56 Å². The zero-order valence-electron chi connectivity index (χ0n) is 13.9. The number of carbonyl (C=O) groups is 1. The molecule has 0 radical (unpaired) electrons. The van der Waals surface area contributed by atoms with Crippen LogP contribution in [0.4, 0.5) is 0 Å². The summed E-state index contributed by atoms with van der Waals surface area (Å²) in [5.41, 5.74) is 2.73. The molecule has 2 atom stereocenters. The van der Waals surface area contributed by atoms with E-state index in [4.69, 9.17) is 9.84 Å². The fourth-order valence-electron chi connectivity index (χ4n) is 3.54. The number of rotatable bonds is 3. The van der Waals surface area contributed by atoms with Crippen LogP contribution in [0.3, 0.4) is 0 Å². The van der Waals surface area contributed by atoms with Crippen molar-refractivity contribution in [2.24, 2.45) is 5.10 Å². The van der Waals surface area contributed by atoms with Crippen molar-refractivity contribution >= 4 is 22.8 Å². The maximum absolute atomic E-state index is 13.1. The molecule has 0 N–H and O–H groups in total. The smallest absolute Gasteiger partial charge is 0.251 e. The Balaban J connectivity index is 1.58. The van der Waals surface area contributed by atoms with Crippen molar-refractivity contribution in [3.63, 3.8) is 0 Å². The lowest BCUT2D eigenvalue weighted by Gasteiger charge is -2.37. The third-order valence-corrected chi connectivity index (χ3v) is 5.71. The first-order valence-electron chi connectivity index (χ1n) is 8.56. The highest BCUT2D eigenvalue weighted by atomic mass is 32.1. The van der Waals surface area contributed by atoms with E-state index in [9.17, 15) is 4.79 Å². The van der Waals surface area contributed by atoms with E-state index in [1.807, 2.05) is 65.0 Å². The summed E-state index contributed by atoms with van der Waals surface area (Å²) in [6, 6.07) is 21.3. The Morgan fingerprint density at radius 2 is 1.85 bits per heavy atom. The Kier molecular flexibility index (Phi) is 3.60. The van der Waals surface area contributed by atoms with Crippen LogP contribution < -0.4 is 4.74 Å². The van der Waals surface area contributed by atoms with E-state index < -0.39 is 6.23 Å². The molecule has 0 amide bonds. The number of hydrogen-bond acceptors (Lipinski definition) is 5. The standard InChI is InChI=1S/C21H16N2O2S/c24-20(14-7-2-1-3-8-14)21-23-17(15-9-4-5-10-18(15)25-21)13-16(22-23)19-11-6-12-26-19/h1-12,17,21H,13H2/t17-,21-/m0/s1. The first-order chi connectivity index (χ1) is 12.8. The summed E-state index contributed by atoms with van der Waals surface area (Å²) in [4.78, 5) is 14.3. The molecular formula is C21H16N2O2S. The van der Waals surface area contributed by atoms with Gasteiger partial charge in [-0.1, -0.05) is 54.6 Å². The Labute approximate surface area is 155 Å². The number of ketones is 1. The molecule has 0 saturated carbocycles. The summed E-state index contributed by atoms with van der Waals surface area (Å²) < 4.78 is 6.10. The fraction of sp³-hybridized carbons (Fsp3) is 0.143. The predicted octanol–water partition coefficient (Wildman–Crippen LogP) is 4.50. The van der Waals surface area contributed by atoms with Gasteiger partial charge < -0.3 is 4.74 Å². The second-order valence-corrected chi connectivity index (χ2v) is 7.31. The molecular weight excluding hydrogens is 344 g/mol. The van der Waals surface area contributed by atoms with Crippen LogP contribution in [0.2, 0.25) is 0 Å². The van der Waals surface area contributed by atoms with Crippen molar-refractivity contribution in [1.29, 1.82) is 0 Å². The van der Waals surface area contributed by atoms with Crippen LogP contribution in [-0.2, 0) is 0 Å². The monoisotopic (exact) mass is 360 g/mol. The van der Waals surface area contributed by atoms with Gasteiger partial charge in [0, 0.05) is 17.5 Å². The number of thiophene rings is 1. The number of nitrogens with zero attached hydrogens (tertiary/aromatic N) is 2. The summed E-state index contributed by atoms with van der Waals surface area (Å²) >= 11 is 1.67. The highest BCUT2D eigenvalue weighted by Gasteiger charge is 2.43. The van der Waals surface area contributed by atoms with Crippen LogP contribution in [0.15, 0.2) is 77.2 Å². The average Bonchev–Trinajstić information content (AvgIpc) is 3.37. The van der Waals surface area contributed by atoms with Crippen LogP contribution >= 0.6 is 11.3 Å². The van der Waals surface area contributed by atoms with E-state index in [-0.39, 0.29) is 11.8 Å². The lowest BCUT2D eigenvalue weighted by molar-refractivity contribution is -0.00455. The molecule has 2 aromatic carbocycles. The molecule has 3 aromatic rings. The molecule has 2 aliphatic heterocycles. The maximum atomic E-state index is 13.1. The normalized spacial score (nSPS) is 20.8. The number of Topliss-reactive ketones (excluding diaryl/α,β-unsaturated/α-hetero) is 1. The first-order valence-corrected chi connectivity index (χ1v) is 9.44. The third kappa shape index (κ3) is 2.44. The number of para-hydroxylation sites is 1. The average molecular weight is 360 g/mol. The van der Waals surface area contributed by atoms with Crippen LogP contribution in [0.1, 0.15) is 33.3 Å². The quantitative estimate of drug-likeness (QED) is 0.646. The Morgan fingerprint density at radius 3 is 2.65 bits per heavy atom. The molecule has 0 spiro atoms. The Morgan fingerprint density at radius 1 is 1.04 bits per heavy atom. The number of ether oxygens (including phenoxy) is 1. The Hall–Kier alpha value is -2.92. The minimum Gasteiger partial charge on any atom is -0.461 e. The van der Waals surface area contributed by atoms with Crippen molar-refractivity contribution in [3.8, 4) is 5.75 Å². The molecule has 3 heterocycles. The molecule has 0 saturated heterocycles. The summed E-state index contributed by atoms with van der Waals surface area (Å²) in [7, 11) is 0. The van der Waals surface area contributed by atoms with Gasteiger partial charge in [0.25, 0.3) is 6.23 Å². The molecule has 0 unspecified atom stereocenters. The van der Waals surface area contributed by atoms with Gasteiger partial charge in [0.05, 0.1) is 16.6 Å². The first kappa shape index (κ1) is 15.3. The largest absolute Gasteiger partial charge is 0.461 e. The molecule has 0 bridgehead atoms. The number of hydrogen-bond donors (Lipinski definition) is 0. The van der Waals surface area contributed by atoms with E-state index >= 15 is 0 Å². The van der Waals surface area contributed by atoms with Gasteiger partial charge in [-0.05, 0) is 17.5 Å². The highest BCUT2D eigenvalue weighted by molar-refractivity contribution is 7.12. The van der Waals surface area contributed by atoms with E-state index in [2.05, 4.69) is 12.1 Å². The minimum absolute atomic E-state index is 0.0229. The lowest BCUT2D eigenvalue weighted by atomic mass is 9.97. The van der Waals surface area contributed by atoms with Crippen LogP contribution in [-0.4, -0.2) is 22.7 Å². The molecule has 0 aliphatic carbocycles. The van der Waals surface area contributed by atoms with Crippen LogP contribution in [0.5, 0.6) is 5.75 Å². The summed E-state index contributed by atoms with van der Waals surface area (Å²) in [6.45, 7) is 0. The van der Waals surface area contributed by atoms with Gasteiger partial charge in [0.1, 0.15) is 5.75 Å². The third-order valence-electron chi connectivity index (χ3n) is 4.79. The topological polar surface area (TPSA) is 41.9 Å². The zero-order chi connectivity index (χ0) is 17.5. The van der Waals surface area contributed by atoms with Crippen molar-refractivity contribution in [3.05, 3.63) is 88.1 Å². The molecule has 2 aliphatic rings. The summed E-state index contributed by atoms with van der Waals surface area (Å²) in [5.74, 6) is 0.701. The fourth-order valence-corrected chi connectivity index (χ4v) is 4.26. The second-order valence-electron chi connectivity index (χ2n) is 6.36. The van der Waals surface area contributed by atoms with Crippen molar-refractivity contribution in [1.82, 2.24) is 5.01 Å². The van der Waals surface area contributed by atoms with Gasteiger partial charge in [0.2, 0.25) is 5.78 Å². The van der Waals surface area contributed by atoms with Gasteiger partial charge in [0.15, 0.2) is 0 Å².